The van der Waals surface area contributed by atoms with Gasteiger partial charge >= 0.3 is 0 Å². The first-order valence-corrected chi connectivity index (χ1v) is 8.30. The molecular weight excluding hydrogens is 308 g/mol. The summed E-state index contributed by atoms with van der Waals surface area (Å²) in [6, 6.07) is 17.5. The van der Waals surface area contributed by atoms with Gasteiger partial charge in [-0.05, 0) is 42.5 Å². The van der Waals surface area contributed by atoms with E-state index in [9.17, 15) is 9.59 Å². The zero-order valence-electron chi connectivity index (χ0n) is 13.1. The summed E-state index contributed by atoms with van der Waals surface area (Å²) < 4.78 is 0. The molecule has 3 heteroatoms. The van der Waals surface area contributed by atoms with Crippen molar-refractivity contribution >= 4 is 23.7 Å². The summed E-state index contributed by atoms with van der Waals surface area (Å²) >= 11 is 5.85. The Kier molecular flexibility index (Phi) is 7.02. The first-order chi connectivity index (χ1) is 11.2. The van der Waals surface area contributed by atoms with Gasteiger partial charge in [0.25, 0.3) is 0 Å². The molecule has 0 amide bonds. The van der Waals surface area contributed by atoms with Crippen LogP contribution in [0.4, 0.5) is 0 Å². The molecular formula is C20H21ClO2. The largest absolute Gasteiger partial charge is 0.303 e. The van der Waals surface area contributed by atoms with Crippen LogP contribution in [0, 0.1) is 5.92 Å². The van der Waals surface area contributed by atoms with Crippen LogP contribution in [0.25, 0.3) is 0 Å². The van der Waals surface area contributed by atoms with E-state index >= 15 is 0 Å². The second-order valence-corrected chi connectivity index (χ2v) is 6.25. The van der Waals surface area contributed by atoms with E-state index in [2.05, 4.69) is 12.1 Å². The van der Waals surface area contributed by atoms with E-state index in [1.165, 1.54) is 5.56 Å². The van der Waals surface area contributed by atoms with Crippen molar-refractivity contribution in [2.75, 3.05) is 0 Å². The molecule has 2 rings (SSSR count). The number of ketones is 1. The number of hydrogen-bond acceptors (Lipinski definition) is 2. The zero-order chi connectivity index (χ0) is 16.5. The van der Waals surface area contributed by atoms with E-state index in [-0.39, 0.29) is 11.7 Å². The number of aryl methyl sites for hydroxylation is 1. The summed E-state index contributed by atoms with van der Waals surface area (Å²) in [5.74, 6) is -0.0904. The lowest BCUT2D eigenvalue weighted by atomic mass is 9.94. The fourth-order valence-corrected chi connectivity index (χ4v) is 2.75. The molecule has 0 aliphatic heterocycles. The van der Waals surface area contributed by atoms with E-state index in [1.54, 1.807) is 12.1 Å². The van der Waals surface area contributed by atoms with Crippen LogP contribution in [0.1, 0.15) is 30.4 Å². The van der Waals surface area contributed by atoms with Crippen molar-refractivity contribution in [2.24, 2.45) is 5.92 Å². The van der Waals surface area contributed by atoms with Crippen LogP contribution in [-0.2, 0) is 22.4 Å². The highest BCUT2D eigenvalue weighted by molar-refractivity contribution is 6.30. The minimum absolute atomic E-state index is 0.159. The first kappa shape index (κ1) is 17.4. The molecule has 0 radical (unpaired) electrons. The third kappa shape index (κ3) is 6.37. The van der Waals surface area contributed by atoms with Crippen molar-refractivity contribution in [3.63, 3.8) is 0 Å². The molecule has 0 N–H and O–H groups in total. The molecule has 2 nitrogen and oxygen atoms in total. The van der Waals surface area contributed by atoms with Gasteiger partial charge in [-0.2, -0.15) is 0 Å². The third-order valence-corrected chi connectivity index (χ3v) is 4.11. The molecule has 1 unspecified atom stereocenters. The van der Waals surface area contributed by atoms with Crippen LogP contribution < -0.4 is 0 Å². The Bertz CT molecular complexity index is 620. The van der Waals surface area contributed by atoms with Crippen molar-refractivity contribution in [1.82, 2.24) is 0 Å². The molecule has 2 aromatic rings. The molecule has 0 aromatic heterocycles. The number of rotatable bonds is 9. The van der Waals surface area contributed by atoms with E-state index in [0.717, 1.165) is 24.7 Å². The molecule has 0 aliphatic carbocycles. The molecule has 0 heterocycles. The van der Waals surface area contributed by atoms with E-state index in [1.807, 2.05) is 30.3 Å². The van der Waals surface area contributed by atoms with Crippen LogP contribution in [0.15, 0.2) is 54.6 Å². The Morgan fingerprint density at radius 3 is 2.35 bits per heavy atom. The lowest BCUT2D eigenvalue weighted by Gasteiger charge is -2.10. The second-order valence-electron chi connectivity index (χ2n) is 5.81. The maximum atomic E-state index is 12.1. The normalized spacial score (nSPS) is 11.9. The zero-order valence-corrected chi connectivity index (χ0v) is 13.8. The number of Topliss-reactive ketones (excluding diaryl/α,β-unsaturated/α-hetero) is 1. The smallest absolute Gasteiger partial charge is 0.133 e. The minimum Gasteiger partial charge on any atom is -0.303 e. The molecule has 0 saturated heterocycles. The van der Waals surface area contributed by atoms with Crippen LogP contribution >= 0.6 is 11.6 Å². The number of benzene rings is 2. The van der Waals surface area contributed by atoms with Gasteiger partial charge in [0.2, 0.25) is 0 Å². The Morgan fingerprint density at radius 1 is 1.00 bits per heavy atom. The fraction of sp³-hybridized carbons (Fsp3) is 0.300. The van der Waals surface area contributed by atoms with E-state index in [0.29, 0.717) is 24.3 Å². The summed E-state index contributed by atoms with van der Waals surface area (Å²) in [6.07, 6.45) is 4.06. The average molecular weight is 329 g/mol. The van der Waals surface area contributed by atoms with Gasteiger partial charge in [-0.15, -0.1) is 0 Å². The van der Waals surface area contributed by atoms with Crippen molar-refractivity contribution in [1.29, 1.82) is 0 Å². The lowest BCUT2D eigenvalue weighted by molar-refractivity contribution is -0.122. The summed E-state index contributed by atoms with van der Waals surface area (Å²) in [5, 5.41) is 0.674. The van der Waals surface area contributed by atoms with Gasteiger partial charge in [-0.1, -0.05) is 54.1 Å². The Hall–Kier alpha value is -1.93. The number of aldehydes is 1. The average Bonchev–Trinajstić information content (AvgIpc) is 2.57. The first-order valence-electron chi connectivity index (χ1n) is 7.92. The number of hydrogen-bond donors (Lipinski definition) is 0. The van der Waals surface area contributed by atoms with Crippen molar-refractivity contribution in [2.45, 2.75) is 32.1 Å². The maximum absolute atomic E-state index is 12.1. The molecule has 0 bridgehead atoms. The SMILES string of the molecule is O=CC(CC(=O)CCCc1ccccc1)Cc1ccc(Cl)cc1. The summed E-state index contributed by atoms with van der Waals surface area (Å²) in [6.45, 7) is 0. The van der Waals surface area contributed by atoms with Gasteiger partial charge in [-0.25, -0.2) is 0 Å². The predicted octanol–water partition coefficient (Wildman–Crippen LogP) is 4.68. The highest BCUT2D eigenvalue weighted by Gasteiger charge is 2.14. The summed E-state index contributed by atoms with van der Waals surface area (Å²) in [7, 11) is 0. The molecule has 0 aliphatic rings. The van der Waals surface area contributed by atoms with Crippen LogP contribution in [0.3, 0.4) is 0 Å². The van der Waals surface area contributed by atoms with Crippen LogP contribution in [0.5, 0.6) is 0 Å². The highest BCUT2D eigenvalue weighted by atomic mass is 35.5. The fourth-order valence-electron chi connectivity index (χ4n) is 2.62. The van der Waals surface area contributed by atoms with Gasteiger partial charge in [0, 0.05) is 23.8 Å². The van der Waals surface area contributed by atoms with E-state index in [4.69, 9.17) is 11.6 Å². The highest BCUT2D eigenvalue weighted by Crippen LogP contribution is 2.16. The van der Waals surface area contributed by atoms with Gasteiger partial charge in [0.1, 0.15) is 12.1 Å². The topological polar surface area (TPSA) is 34.1 Å². The lowest BCUT2D eigenvalue weighted by Crippen LogP contribution is -2.12. The Morgan fingerprint density at radius 2 is 1.70 bits per heavy atom. The quantitative estimate of drug-likeness (QED) is 0.626. The van der Waals surface area contributed by atoms with Crippen molar-refractivity contribution < 1.29 is 9.59 Å². The van der Waals surface area contributed by atoms with Crippen molar-refractivity contribution in [3.05, 3.63) is 70.7 Å². The predicted molar refractivity (Wildman–Crippen MR) is 93.7 cm³/mol. The Balaban J connectivity index is 1.75. The third-order valence-electron chi connectivity index (χ3n) is 3.86. The number of halogens is 1. The van der Waals surface area contributed by atoms with E-state index < -0.39 is 0 Å². The van der Waals surface area contributed by atoms with Crippen LogP contribution in [-0.4, -0.2) is 12.1 Å². The summed E-state index contributed by atoms with van der Waals surface area (Å²) in [5.41, 5.74) is 2.27. The molecule has 0 saturated carbocycles. The summed E-state index contributed by atoms with van der Waals surface area (Å²) in [4.78, 5) is 23.3. The molecule has 2 aromatic carbocycles. The monoisotopic (exact) mass is 328 g/mol. The van der Waals surface area contributed by atoms with Crippen molar-refractivity contribution in [3.8, 4) is 0 Å². The molecule has 0 fully saturated rings. The van der Waals surface area contributed by atoms with Gasteiger partial charge in [-0.3, -0.25) is 4.79 Å². The Labute approximate surface area is 142 Å². The van der Waals surface area contributed by atoms with Gasteiger partial charge in [0.15, 0.2) is 0 Å². The number of carbonyl (C=O) groups is 2. The number of carbonyl (C=O) groups excluding carboxylic acids is 2. The maximum Gasteiger partial charge on any atom is 0.133 e. The van der Waals surface area contributed by atoms with Gasteiger partial charge in [0.05, 0.1) is 0 Å². The minimum atomic E-state index is -0.250. The van der Waals surface area contributed by atoms with Gasteiger partial charge < -0.3 is 4.79 Å². The second kappa shape index (κ2) is 9.26. The van der Waals surface area contributed by atoms with Crippen LogP contribution in [0.2, 0.25) is 5.02 Å². The molecule has 23 heavy (non-hydrogen) atoms. The molecule has 120 valence electrons. The standard InChI is InChI=1S/C20H21ClO2/c21-19-11-9-17(10-12-19)13-18(15-22)14-20(23)8-4-7-16-5-2-1-3-6-16/h1-3,5-6,9-12,15,18H,4,7-8,13-14H2. The molecule has 0 spiro atoms. The molecule has 1 atom stereocenters.